The van der Waals surface area contributed by atoms with Crippen LogP contribution in [0.25, 0.3) is 0 Å². The third kappa shape index (κ3) is 7.84. The molecule has 2 aromatic rings. The molecule has 0 bridgehead atoms. The van der Waals surface area contributed by atoms with Gasteiger partial charge in [-0.2, -0.15) is 0 Å². The van der Waals surface area contributed by atoms with E-state index in [0.717, 1.165) is 31.6 Å². The summed E-state index contributed by atoms with van der Waals surface area (Å²) in [5.74, 6) is -0.0572. The first kappa shape index (κ1) is 29.6. The third-order valence-corrected chi connectivity index (χ3v) is 7.84. The fourth-order valence-corrected chi connectivity index (χ4v) is 5.62. The molecule has 2 aliphatic rings. The number of nitrogens with zero attached hydrogens (tertiary/aromatic N) is 2. The first-order valence-corrected chi connectivity index (χ1v) is 14.5. The van der Waals surface area contributed by atoms with Crippen LogP contribution in [-0.2, 0) is 27.4 Å². The molecule has 40 heavy (non-hydrogen) atoms. The van der Waals surface area contributed by atoms with Crippen molar-refractivity contribution in [1.82, 2.24) is 20.4 Å². The number of benzene rings is 2. The highest BCUT2D eigenvalue weighted by atomic mass is 16.5. The monoisotopic (exact) mass is 548 g/mol. The number of carbonyl (C=O) groups excluding carboxylic acids is 3. The molecule has 0 saturated carbocycles. The number of ether oxygens (including phenoxy) is 1. The molecule has 1 atom stereocenters. The molecule has 0 aliphatic carbocycles. The number of piperazine rings is 1. The van der Waals surface area contributed by atoms with E-state index in [0.29, 0.717) is 38.8 Å². The second-order valence-electron chi connectivity index (χ2n) is 12.3. The predicted octanol–water partition coefficient (Wildman–Crippen LogP) is 4.14. The van der Waals surface area contributed by atoms with Gasteiger partial charge in [0.1, 0.15) is 18.2 Å². The Balaban J connectivity index is 1.29. The van der Waals surface area contributed by atoms with Crippen molar-refractivity contribution in [2.75, 3.05) is 32.7 Å². The second-order valence-corrected chi connectivity index (χ2v) is 12.3. The van der Waals surface area contributed by atoms with Crippen molar-refractivity contribution < 1.29 is 19.1 Å². The molecule has 2 fully saturated rings. The highest BCUT2D eigenvalue weighted by molar-refractivity contribution is 6.00. The summed E-state index contributed by atoms with van der Waals surface area (Å²) in [5, 5.41) is 5.81. The Labute approximate surface area is 238 Å². The Kier molecular flexibility index (Phi) is 9.85. The van der Waals surface area contributed by atoms with Gasteiger partial charge in [-0.15, -0.1) is 0 Å². The topological polar surface area (TPSA) is 91.0 Å². The molecule has 0 unspecified atom stereocenters. The van der Waals surface area contributed by atoms with E-state index in [1.54, 1.807) is 0 Å². The van der Waals surface area contributed by atoms with Crippen molar-refractivity contribution in [1.29, 1.82) is 0 Å². The summed E-state index contributed by atoms with van der Waals surface area (Å²) < 4.78 is 5.26. The standard InChI is InChI=1S/C32H44N4O4/c1-31(2,3)24-36-28(37)27(15-10-19-33-30(39)40-23-26-13-8-5-9-14-26)34-29(38)32(36)17-21-35(22-18-32)20-16-25-11-6-4-7-12-25/h4-9,11-14,27H,10,15-24H2,1-3H3,(H,33,39)(H,34,38)/t27-/m0/s1. The SMILES string of the molecule is CC(C)(C)CN1C(=O)[C@H](CCCNC(=O)OCc2ccccc2)NC(=O)C12CCN(CCc1ccccc1)CC2. The summed E-state index contributed by atoms with van der Waals surface area (Å²) in [6.45, 7) is 9.94. The number of hydrogen-bond donors (Lipinski definition) is 2. The van der Waals surface area contributed by atoms with Gasteiger partial charge in [-0.3, -0.25) is 9.59 Å². The molecule has 0 radical (unpaired) electrons. The lowest BCUT2D eigenvalue weighted by Crippen LogP contribution is -2.73. The Bertz CT molecular complexity index is 1120. The molecule has 2 heterocycles. The molecule has 2 N–H and O–H groups in total. The minimum absolute atomic E-state index is 0.0149. The molecule has 4 rings (SSSR count). The van der Waals surface area contributed by atoms with E-state index in [1.807, 2.05) is 41.3 Å². The molecular weight excluding hydrogens is 504 g/mol. The van der Waals surface area contributed by atoms with E-state index in [1.165, 1.54) is 5.56 Å². The number of alkyl carbamates (subject to hydrolysis) is 1. The van der Waals surface area contributed by atoms with Crippen LogP contribution < -0.4 is 10.6 Å². The zero-order valence-electron chi connectivity index (χ0n) is 24.2. The van der Waals surface area contributed by atoms with Crippen LogP contribution in [0.2, 0.25) is 0 Å². The fourth-order valence-electron chi connectivity index (χ4n) is 5.62. The zero-order chi connectivity index (χ0) is 28.6. The summed E-state index contributed by atoms with van der Waals surface area (Å²) in [6.07, 6.45) is 2.77. The Hall–Kier alpha value is -3.39. The molecule has 1 spiro atoms. The van der Waals surface area contributed by atoms with Crippen molar-refractivity contribution in [3.05, 3.63) is 71.8 Å². The van der Waals surface area contributed by atoms with Crippen molar-refractivity contribution in [2.45, 2.75) is 71.1 Å². The van der Waals surface area contributed by atoms with Crippen LogP contribution in [0.1, 0.15) is 57.6 Å². The number of nitrogens with one attached hydrogen (secondary N) is 2. The summed E-state index contributed by atoms with van der Waals surface area (Å²) >= 11 is 0. The minimum atomic E-state index is -0.802. The van der Waals surface area contributed by atoms with Crippen LogP contribution in [0, 0.1) is 5.41 Å². The molecular formula is C32H44N4O4. The second kappa shape index (κ2) is 13.3. The normalized spacial score (nSPS) is 19.4. The number of carbonyl (C=O) groups is 3. The summed E-state index contributed by atoms with van der Waals surface area (Å²) in [5.41, 5.74) is 1.29. The van der Waals surface area contributed by atoms with E-state index < -0.39 is 17.7 Å². The van der Waals surface area contributed by atoms with Gasteiger partial charge in [0.15, 0.2) is 0 Å². The number of hydrogen-bond acceptors (Lipinski definition) is 5. The predicted molar refractivity (Wildman–Crippen MR) is 156 cm³/mol. The summed E-state index contributed by atoms with van der Waals surface area (Å²) in [6, 6.07) is 19.4. The highest BCUT2D eigenvalue weighted by Crippen LogP contribution is 2.36. The minimum Gasteiger partial charge on any atom is -0.445 e. The molecule has 3 amide bonds. The quantitative estimate of drug-likeness (QED) is 0.436. The van der Waals surface area contributed by atoms with E-state index in [2.05, 4.69) is 60.6 Å². The fraction of sp³-hybridized carbons (Fsp3) is 0.531. The molecule has 0 aromatic heterocycles. The molecule has 2 saturated heterocycles. The molecule has 216 valence electrons. The molecule has 2 aliphatic heterocycles. The third-order valence-electron chi connectivity index (χ3n) is 7.84. The van der Waals surface area contributed by atoms with Crippen LogP contribution in [0.5, 0.6) is 0 Å². The van der Waals surface area contributed by atoms with Gasteiger partial charge in [0.05, 0.1) is 0 Å². The van der Waals surface area contributed by atoms with Gasteiger partial charge in [0, 0.05) is 32.7 Å². The van der Waals surface area contributed by atoms with Crippen LogP contribution in [-0.4, -0.2) is 72.0 Å². The Morgan fingerprint density at radius 2 is 1.62 bits per heavy atom. The van der Waals surface area contributed by atoms with Gasteiger partial charge in [-0.25, -0.2) is 4.79 Å². The van der Waals surface area contributed by atoms with Crippen molar-refractivity contribution in [3.8, 4) is 0 Å². The van der Waals surface area contributed by atoms with Gasteiger partial charge in [0.2, 0.25) is 11.8 Å². The highest BCUT2D eigenvalue weighted by Gasteiger charge is 2.54. The van der Waals surface area contributed by atoms with Gasteiger partial charge in [-0.05, 0) is 48.6 Å². The maximum atomic E-state index is 13.8. The Morgan fingerprint density at radius 3 is 2.25 bits per heavy atom. The molecule has 2 aromatic carbocycles. The molecule has 8 heteroatoms. The smallest absolute Gasteiger partial charge is 0.407 e. The van der Waals surface area contributed by atoms with Crippen LogP contribution in [0.4, 0.5) is 4.79 Å². The van der Waals surface area contributed by atoms with Crippen LogP contribution >= 0.6 is 0 Å². The summed E-state index contributed by atoms with van der Waals surface area (Å²) in [7, 11) is 0. The van der Waals surface area contributed by atoms with Crippen molar-refractivity contribution >= 4 is 17.9 Å². The van der Waals surface area contributed by atoms with E-state index in [4.69, 9.17) is 4.74 Å². The number of piperidine rings is 1. The number of rotatable bonds is 10. The first-order chi connectivity index (χ1) is 19.2. The first-order valence-electron chi connectivity index (χ1n) is 14.5. The maximum absolute atomic E-state index is 13.8. The lowest BCUT2D eigenvalue weighted by Gasteiger charge is -2.53. The lowest BCUT2D eigenvalue weighted by molar-refractivity contribution is -0.163. The van der Waals surface area contributed by atoms with Crippen LogP contribution in [0.3, 0.4) is 0 Å². The largest absolute Gasteiger partial charge is 0.445 e. The Morgan fingerprint density at radius 1 is 1.00 bits per heavy atom. The average Bonchev–Trinajstić information content (AvgIpc) is 2.95. The molecule has 8 nitrogen and oxygen atoms in total. The summed E-state index contributed by atoms with van der Waals surface area (Å²) in [4.78, 5) is 43.8. The maximum Gasteiger partial charge on any atom is 0.407 e. The number of amides is 3. The lowest BCUT2D eigenvalue weighted by atomic mass is 9.79. The van der Waals surface area contributed by atoms with Gasteiger partial charge in [0.25, 0.3) is 0 Å². The van der Waals surface area contributed by atoms with E-state index in [9.17, 15) is 14.4 Å². The van der Waals surface area contributed by atoms with Crippen LogP contribution in [0.15, 0.2) is 60.7 Å². The van der Waals surface area contributed by atoms with E-state index in [-0.39, 0.29) is 23.8 Å². The average molecular weight is 549 g/mol. The van der Waals surface area contributed by atoms with Crippen molar-refractivity contribution in [2.24, 2.45) is 5.41 Å². The van der Waals surface area contributed by atoms with E-state index >= 15 is 0 Å². The van der Waals surface area contributed by atoms with Gasteiger partial charge >= 0.3 is 6.09 Å². The van der Waals surface area contributed by atoms with Crippen molar-refractivity contribution in [3.63, 3.8) is 0 Å². The zero-order valence-corrected chi connectivity index (χ0v) is 24.2. The van der Waals surface area contributed by atoms with Gasteiger partial charge in [-0.1, -0.05) is 81.4 Å². The number of likely N-dealkylation sites (tertiary alicyclic amines) is 1. The van der Waals surface area contributed by atoms with Gasteiger partial charge < -0.3 is 25.2 Å².